The lowest BCUT2D eigenvalue weighted by Crippen LogP contribution is -2.40. The zero-order chi connectivity index (χ0) is 14.4. The number of carbonyl (C=O) groups excluding carboxylic acids is 2. The van der Waals surface area contributed by atoms with Crippen LogP contribution in [0.2, 0.25) is 0 Å². The molecule has 0 bridgehead atoms. The van der Waals surface area contributed by atoms with Crippen LogP contribution in [0.3, 0.4) is 0 Å². The Kier molecular flexibility index (Phi) is 4.97. The first-order chi connectivity index (χ1) is 9.67. The topological polar surface area (TPSA) is 86.9 Å². The maximum atomic E-state index is 11.7. The fourth-order valence-corrected chi connectivity index (χ4v) is 2.37. The molecule has 2 rings (SSSR count). The van der Waals surface area contributed by atoms with Gasteiger partial charge in [-0.15, -0.1) is 5.10 Å². The van der Waals surface area contributed by atoms with Crippen molar-refractivity contribution in [3.05, 3.63) is 39.8 Å². The molecule has 8 heteroatoms. The molecule has 20 heavy (non-hydrogen) atoms. The summed E-state index contributed by atoms with van der Waals surface area (Å²) in [5.41, 5.74) is 0.973. The normalized spacial score (nSPS) is 11.6. The maximum absolute atomic E-state index is 11.7. The van der Waals surface area contributed by atoms with E-state index in [4.69, 9.17) is 12.2 Å². The summed E-state index contributed by atoms with van der Waals surface area (Å²) >= 11 is 6.00. The Morgan fingerprint density at radius 2 is 2.20 bits per heavy atom. The molecular weight excluding hydrogens is 296 g/mol. The minimum Gasteiger partial charge on any atom is -0.328 e. The van der Waals surface area contributed by atoms with Crippen molar-refractivity contribution in [2.24, 2.45) is 0 Å². The standard InChI is InChI=1S/C12H12N4O2S2/c17-7-9(6-8-4-2-1-3-5-8)13-10(18)14-11-15-16-12(19)20-11/h1-5,7,9H,6H2,(H,16,19)(H2,13,14,15,18). The highest BCUT2D eigenvalue weighted by atomic mass is 32.1. The van der Waals surface area contributed by atoms with Crippen LogP contribution in [0.4, 0.5) is 9.93 Å². The van der Waals surface area contributed by atoms with Gasteiger partial charge in [0.25, 0.3) is 0 Å². The number of hydrogen-bond acceptors (Lipinski definition) is 5. The molecule has 0 fully saturated rings. The minimum absolute atomic E-state index is 0.358. The van der Waals surface area contributed by atoms with E-state index in [-0.39, 0.29) is 0 Å². The molecule has 2 amide bonds. The Morgan fingerprint density at radius 1 is 1.45 bits per heavy atom. The van der Waals surface area contributed by atoms with E-state index in [0.29, 0.717) is 21.8 Å². The van der Waals surface area contributed by atoms with Gasteiger partial charge < -0.3 is 10.1 Å². The number of amides is 2. The van der Waals surface area contributed by atoms with Crippen molar-refractivity contribution in [3.63, 3.8) is 0 Å². The number of nitrogens with one attached hydrogen (secondary N) is 3. The number of urea groups is 1. The average molecular weight is 308 g/mol. The van der Waals surface area contributed by atoms with Gasteiger partial charge in [-0.1, -0.05) is 41.7 Å². The van der Waals surface area contributed by atoms with E-state index < -0.39 is 12.1 Å². The number of rotatable bonds is 5. The summed E-state index contributed by atoms with van der Waals surface area (Å²) in [6.07, 6.45) is 1.15. The van der Waals surface area contributed by atoms with Crippen molar-refractivity contribution in [1.82, 2.24) is 15.5 Å². The summed E-state index contributed by atoms with van der Waals surface area (Å²) < 4.78 is 0.469. The fraction of sp³-hybridized carbons (Fsp3) is 0.167. The van der Waals surface area contributed by atoms with Gasteiger partial charge in [0, 0.05) is 0 Å². The quantitative estimate of drug-likeness (QED) is 0.583. The number of aromatic amines is 1. The fourth-order valence-electron chi connectivity index (χ4n) is 1.59. The molecule has 0 radical (unpaired) electrons. The first-order valence-electron chi connectivity index (χ1n) is 5.79. The zero-order valence-electron chi connectivity index (χ0n) is 10.3. The first-order valence-corrected chi connectivity index (χ1v) is 7.02. The Balaban J connectivity index is 1.91. The maximum Gasteiger partial charge on any atom is 0.321 e. The second-order valence-corrected chi connectivity index (χ2v) is 5.61. The Morgan fingerprint density at radius 3 is 2.80 bits per heavy atom. The number of aldehydes is 1. The molecule has 3 N–H and O–H groups in total. The lowest BCUT2D eigenvalue weighted by Gasteiger charge is -2.12. The predicted octanol–water partition coefficient (Wildman–Crippen LogP) is 2.13. The van der Waals surface area contributed by atoms with Crippen LogP contribution >= 0.6 is 23.6 Å². The predicted molar refractivity (Wildman–Crippen MR) is 79.5 cm³/mol. The molecule has 1 unspecified atom stereocenters. The van der Waals surface area contributed by atoms with Gasteiger partial charge >= 0.3 is 6.03 Å². The molecule has 0 aliphatic carbocycles. The molecule has 0 saturated carbocycles. The number of anilines is 1. The Bertz CT molecular complexity index is 638. The number of benzene rings is 1. The highest BCUT2D eigenvalue weighted by molar-refractivity contribution is 7.73. The SMILES string of the molecule is O=CC(Cc1ccccc1)NC(=O)Nc1n[nH]c(=S)s1. The van der Waals surface area contributed by atoms with E-state index in [1.807, 2.05) is 30.3 Å². The molecule has 1 aromatic heterocycles. The Labute approximate surface area is 124 Å². The monoisotopic (exact) mass is 308 g/mol. The van der Waals surface area contributed by atoms with Crippen LogP contribution in [0.15, 0.2) is 30.3 Å². The van der Waals surface area contributed by atoms with Gasteiger partial charge in [-0.05, 0) is 24.2 Å². The van der Waals surface area contributed by atoms with Crippen LogP contribution in [0.1, 0.15) is 5.56 Å². The summed E-state index contributed by atoms with van der Waals surface area (Å²) in [4.78, 5) is 22.7. The number of carbonyl (C=O) groups is 2. The molecule has 0 aliphatic rings. The van der Waals surface area contributed by atoms with Crippen LogP contribution < -0.4 is 10.6 Å². The molecule has 0 spiro atoms. The zero-order valence-corrected chi connectivity index (χ0v) is 12.0. The van der Waals surface area contributed by atoms with E-state index in [9.17, 15) is 9.59 Å². The smallest absolute Gasteiger partial charge is 0.321 e. The summed E-state index contributed by atoms with van der Waals surface area (Å²) in [5.74, 6) is 0. The number of aromatic nitrogens is 2. The molecule has 1 heterocycles. The third-order valence-corrected chi connectivity index (χ3v) is 3.44. The van der Waals surface area contributed by atoms with E-state index in [1.165, 1.54) is 0 Å². The van der Waals surface area contributed by atoms with Gasteiger partial charge in [-0.25, -0.2) is 4.79 Å². The van der Waals surface area contributed by atoms with Crippen molar-refractivity contribution in [3.8, 4) is 0 Å². The van der Waals surface area contributed by atoms with Crippen molar-refractivity contribution < 1.29 is 9.59 Å². The Hall–Kier alpha value is -2.06. The summed E-state index contributed by atoms with van der Waals surface area (Å²) in [6, 6.07) is 8.37. The molecule has 0 saturated heterocycles. The summed E-state index contributed by atoms with van der Waals surface area (Å²) in [7, 11) is 0. The lowest BCUT2D eigenvalue weighted by atomic mass is 10.1. The highest BCUT2D eigenvalue weighted by Gasteiger charge is 2.13. The van der Waals surface area contributed by atoms with Crippen LogP contribution in [0.5, 0.6) is 0 Å². The van der Waals surface area contributed by atoms with E-state index >= 15 is 0 Å². The van der Waals surface area contributed by atoms with Crippen molar-refractivity contribution in [1.29, 1.82) is 0 Å². The molecule has 1 aromatic carbocycles. The van der Waals surface area contributed by atoms with Crippen LogP contribution in [0.25, 0.3) is 0 Å². The van der Waals surface area contributed by atoms with Gasteiger partial charge in [0.15, 0.2) is 3.95 Å². The molecular formula is C12H12N4O2S2. The van der Waals surface area contributed by atoms with Crippen molar-refractivity contribution in [2.45, 2.75) is 12.5 Å². The average Bonchev–Trinajstić information content (AvgIpc) is 2.84. The molecule has 0 aliphatic heterocycles. The molecule has 1 atom stereocenters. The first kappa shape index (κ1) is 14.4. The van der Waals surface area contributed by atoms with Crippen LogP contribution in [-0.2, 0) is 11.2 Å². The highest BCUT2D eigenvalue weighted by Crippen LogP contribution is 2.10. The number of H-pyrrole nitrogens is 1. The molecule has 104 valence electrons. The van der Waals surface area contributed by atoms with Crippen LogP contribution in [0, 0.1) is 3.95 Å². The van der Waals surface area contributed by atoms with E-state index in [1.54, 1.807) is 0 Å². The van der Waals surface area contributed by atoms with Gasteiger partial charge in [0.05, 0.1) is 6.04 Å². The van der Waals surface area contributed by atoms with Crippen molar-refractivity contribution >= 4 is 41.0 Å². The van der Waals surface area contributed by atoms with Gasteiger partial charge in [0.1, 0.15) is 6.29 Å². The third kappa shape index (κ3) is 4.25. The molecule has 2 aromatic rings. The summed E-state index contributed by atoms with van der Waals surface area (Å²) in [6.45, 7) is 0. The van der Waals surface area contributed by atoms with Gasteiger partial charge in [-0.2, -0.15) is 0 Å². The largest absolute Gasteiger partial charge is 0.328 e. The third-order valence-electron chi connectivity index (χ3n) is 2.44. The summed E-state index contributed by atoms with van der Waals surface area (Å²) in [5, 5.41) is 11.8. The molecule has 6 nitrogen and oxygen atoms in total. The van der Waals surface area contributed by atoms with Crippen molar-refractivity contribution in [2.75, 3.05) is 5.32 Å². The second-order valence-electron chi connectivity index (χ2n) is 3.95. The number of nitrogens with zero attached hydrogens (tertiary/aromatic N) is 1. The van der Waals surface area contributed by atoms with Gasteiger partial charge in [0.2, 0.25) is 5.13 Å². The van der Waals surface area contributed by atoms with E-state index in [2.05, 4.69) is 20.8 Å². The van der Waals surface area contributed by atoms with E-state index in [0.717, 1.165) is 16.9 Å². The van der Waals surface area contributed by atoms with Crippen LogP contribution in [-0.4, -0.2) is 28.6 Å². The number of hydrogen-bond donors (Lipinski definition) is 3. The second kappa shape index (κ2) is 6.92. The van der Waals surface area contributed by atoms with Gasteiger partial charge in [-0.3, -0.25) is 10.4 Å². The lowest BCUT2D eigenvalue weighted by molar-refractivity contribution is -0.109. The minimum atomic E-state index is -0.593.